The Morgan fingerprint density at radius 3 is 2.43 bits per heavy atom. The first-order valence-electron chi connectivity index (χ1n) is 6.20. The molecule has 1 atom stereocenters. The summed E-state index contributed by atoms with van der Waals surface area (Å²) in [5.74, 6) is 0.0974. The fourth-order valence-electron chi connectivity index (χ4n) is 1.88. The maximum absolute atomic E-state index is 12.7. The van der Waals surface area contributed by atoms with Crippen LogP contribution in [0.1, 0.15) is 17.2 Å². The number of hydrogen-bond acceptors (Lipinski definition) is 2. The van der Waals surface area contributed by atoms with Gasteiger partial charge in [0.25, 0.3) is 0 Å². The van der Waals surface area contributed by atoms with Gasteiger partial charge >= 0.3 is 6.18 Å². The third-order valence-corrected chi connectivity index (χ3v) is 3.25. The molecule has 112 valence electrons. The topological polar surface area (TPSA) is 35.2 Å². The highest BCUT2D eigenvalue weighted by Gasteiger charge is 2.30. The van der Waals surface area contributed by atoms with Gasteiger partial charge in [0.15, 0.2) is 0 Å². The molecule has 6 heteroatoms. The van der Waals surface area contributed by atoms with Gasteiger partial charge in [-0.1, -0.05) is 35.9 Å². The predicted molar refractivity (Wildman–Crippen MR) is 75.3 cm³/mol. The molecule has 21 heavy (non-hydrogen) atoms. The molecule has 0 amide bonds. The van der Waals surface area contributed by atoms with Gasteiger partial charge < -0.3 is 10.5 Å². The van der Waals surface area contributed by atoms with Crippen LogP contribution in [0, 0.1) is 0 Å². The fraction of sp³-hybridized carbons (Fsp3) is 0.200. The Morgan fingerprint density at radius 1 is 1.10 bits per heavy atom. The minimum Gasteiger partial charge on any atom is -0.484 e. The van der Waals surface area contributed by atoms with Crippen molar-refractivity contribution >= 4 is 11.6 Å². The molecule has 0 aromatic heterocycles. The summed E-state index contributed by atoms with van der Waals surface area (Å²) in [6, 6.07) is 11.6. The third kappa shape index (κ3) is 3.89. The molecule has 0 heterocycles. The molecule has 0 radical (unpaired) electrons. The Labute approximate surface area is 125 Å². The van der Waals surface area contributed by atoms with Crippen LogP contribution in [0.25, 0.3) is 0 Å². The molecule has 0 aliphatic carbocycles. The van der Waals surface area contributed by atoms with Crippen LogP contribution >= 0.6 is 11.6 Å². The van der Waals surface area contributed by atoms with E-state index >= 15 is 0 Å². The second-order valence-electron chi connectivity index (χ2n) is 4.39. The smallest absolute Gasteiger partial charge is 0.416 e. The van der Waals surface area contributed by atoms with E-state index in [9.17, 15) is 13.2 Å². The van der Waals surface area contributed by atoms with Gasteiger partial charge in [-0.3, -0.25) is 0 Å². The molecular weight excluding hydrogens is 303 g/mol. The quantitative estimate of drug-likeness (QED) is 0.905. The summed E-state index contributed by atoms with van der Waals surface area (Å²) in [5.41, 5.74) is 5.51. The first kappa shape index (κ1) is 15.7. The van der Waals surface area contributed by atoms with Crippen molar-refractivity contribution in [3.63, 3.8) is 0 Å². The standard InChI is InChI=1S/C15H13ClF3NO/c16-13-7-2-1-6-12(13)14(9-20)21-11-5-3-4-10(8-11)15(17,18)19/h1-8,14H,9,20H2. The van der Waals surface area contributed by atoms with Crippen LogP contribution in [0.4, 0.5) is 13.2 Å². The lowest BCUT2D eigenvalue weighted by Crippen LogP contribution is -2.19. The molecule has 0 saturated heterocycles. The third-order valence-electron chi connectivity index (χ3n) is 2.91. The van der Waals surface area contributed by atoms with Crippen LogP contribution in [0.3, 0.4) is 0 Å². The van der Waals surface area contributed by atoms with Crippen molar-refractivity contribution in [3.05, 3.63) is 64.7 Å². The minimum atomic E-state index is -4.41. The highest BCUT2D eigenvalue weighted by molar-refractivity contribution is 6.31. The van der Waals surface area contributed by atoms with Crippen molar-refractivity contribution in [3.8, 4) is 5.75 Å². The van der Waals surface area contributed by atoms with Gasteiger partial charge in [0, 0.05) is 17.1 Å². The van der Waals surface area contributed by atoms with Crippen molar-refractivity contribution in [2.24, 2.45) is 5.73 Å². The molecule has 2 nitrogen and oxygen atoms in total. The minimum absolute atomic E-state index is 0.0972. The number of benzene rings is 2. The zero-order valence-electron chi connectivity index (χ0n) is 10.9. The van der Waals surface area contributed by atoms with Crippen molar-refractivity contribution in [2.75, 3.05) is 6.54 Å². The Bertz CT molecular complexity index is 616. The molecule has 0 saturated carbocycles. The van der Waals surface area contributed by atoms with E-state index in [1.807, 2.05) is 0 Å². The first-order chi connectivity index (χ1) is 9.91. The normalized spacial score (nSPS) is 13.0. The molecule has 0 fully saturated rings. The van der Waals surface area contributed by atoms with Crippen molar-refractivity contribution in [1.82, 2.24) is 0 Å². The fourth-order valence-corrected chi connectivity index (χ4v) is 2.14. The number of ether oxygens (including phenoxy) is 1. The van der Waals surface area contributed by atoms with Crippen molar-refractivity contribution in [1.29, 1.82) is 0 Å². The Kier molecular flexibility index (Phi) is 4.75. The second-order valence-corrected chi connectivity index (χ2v) is 4.80. The van der Waals surface area contributed by atoms with Crippen LogP contribution in [0.5, 0.6) is 5.75 Å². The van der Waals surface area contributed by atoms with Crippen LogP contribution in [0.15, 0.2) is 48.5 Å². The largest absolute Gasteiger partial charge is 0.484 e. The summed E-state index contributed by atoms with van der Waals surface area (Å²) < 4.78 is 43.6. The average molecular weight is 316 g/mol. The van der Waals surface area contributed by atoms with Gasteiger partial charge in [-0.25, -0.2) is 0 Å². The number of nitrogens with two attached hydrogens (primary N) is 1. The summed E-state index contributed by atoms with van der Waals surface area (Å²) in [6.45, 7) is 0.0972. The Balaban J connectivity index is 2.26. The molecule has 0 spiro atoms. The van der Waals surface area contributed by atoms with E-state index in [1.54, 1.807) is 24.3 Å². The van der Waals surface area contributed by atoms with E-state index in [0.29, 0.717) is 10.6 Å². The van der Waals surface area contributed by atoms with Gasteiger partial charge in [0.1, 0.15) is 11.9 Å². The number of halogens is 4. The SMILES string of the molecule is NCC(Oc1cccc(C(F)(F)F)c1)c1ccccc1Cl. The molecule has 2 N–H and O–H groups in total. The van der Waals surface area contributed by atoms with Crippen LogP contribution in [-0.2, 0) is 6.18 Å². The lowest BCUT2D eigenvalue weighted by Gasteiger charge is -2.19. The number of alkyl halides is 3. The maximum Gasteiger partial charge on any atom is 0.416 e. The van der Waals surface area contributed by atoms with E-state index in [2.05, 4.69) is 0 Å². The summed E-state index contributed by atoms with van der Waals surface area (Å²) >= 11 is 6.05. The average Bonchev–Trinajstić information content (AvgIpc) is 2.45. The Morgan fingerprint density at radius 2 is 1.81 bits per heavy atom. The molecule has 2 rings (SSSR count). The molecule has 0 aliphatic rings. The molecule has 0 aliphatic heterocycles. The van der Waals surface area contributed by atoms with Gasteiger partial charge in [-0.05, 0) is 24.3 Å². The van der Waals surface area contributed by atoms with E-state index in [-0.39, 0.29) is 12.3 Å². The van der Waals surface area contributed by atoms with Gasteiger partial charge in [0.05, 0.1) is 5.56 Å². The van der Waals surface area contributed by atoms with E-state index in [4.69, 9.17) is 22.1 Å². The second kappa shape index (κ2) is 6.37. The van der Waals surface area contributed by atoms with Crippen LogP contribution in [0.2, 0.25) is 5.02 Å². The summed E-state index contributed by atoms with van der Waals surface area (Å²) in [7, 11) is 0. The number of rotatable bonds is 4. The van der Waals surface area contributed by atoms with Crippen molar-refractivity contribution in [2.45, 2.75) is 12.3 Å². The van der Waals surface area contributed by atoms with Crippen molar-refractivity contribution < 1.29 is 17.9 Å². The molecule has 1 unspecified atom stereocenters. The van der Waals surface area contributed by atoms with E-state index in [0.717, 1.165) is 12.1 Å². The first-order valence-corrected chi connectivity index (χ1v) is 6.58. The van der Waals surface area contributed by atoms with Gasteiger partial charge in [0.2, 0.25) is 0 Å². The molecule has 2 aromatic carbocycles. The summed E-state index contributed by atoms with van der Waals surface area (Å²) in [6.07, 6.45) is -5.02. The lowest BCUT2D eigenvalue weighted by molar-refractivity contribution is -0.137. The number of hydrogen-bond donors (Lipinski definition) is 1. The monoisotopic (exact) mass is 315 g/mol. The predicted octanol–water partition coefficient (Wildman–Crippen LogP) is 4.44. The maximum atomic E-state index is 12.7. The highest BCUT2D eigenvalue weighted by atomic mass is 35.5. The van der Waals surface area contributed by atoms with Gasteiger partial charge in [-0.15, -0.1) is 0 Å². The lowest BCUT2D eigenvalue weighted by atomic mass is 10.1. The molecule has 2 aromatic rings. The highest BCUT2D eigenvalue weighted by Crippen LogP contribution is 2.33. The van der Waals surface area contributed by atoms with E-state index in [1.165, 1.54) is 12.1 Å². The van der Waals surface area contributed by atoms with Gasteiger partial charge in [-0.2, -0.15) is 13.2 Å². The summed E-state index contributed by atoms with van der Waals surface area (Å²) in [5, 5.41) is 0.458. The van der Waals surface area contributed by atoms with E-state index < -0.39 is 17.8 Å². The van der Waals surface area contributed by atoms with Crippen LogP contribution in [-0.4, -0.2) is 6.54 Å². The molecular formula is C15H13ClF3NO. The zero-order valence-corrected chi connectivity index (χ0v) is 11.7. The van der Waals surface area contributed by atoms with Crippen LogP contribution < -0.4 is 10.5 Å². The molecule has 0 bridgehead atoms. The Hall–Kier alpha value is -1.72. The summed E-state index contributed by atoms with van der Waals surface area (Å²) in [4.78, 5) is 0. The zero-order chi connectivity index (χ0) is 15.5.